The van der Waals surface area contributed by atoms with Gasteiger partial charge in [0.15, 0.2) is 0 Å². The van der Waals surface area contributed by atoms with E-state index in [1.807, 2.05) is 26.0 Å². The lowest BCUT2D eigenvalue weighted by Gasteiger charge is -2.13. The fourth-order valence-corrected chi connectivity index (χ4v) is 1.64. The molecule has 2 heteroatoms. The first-order chi connectivity index (χ1) is 5.54. The van der Waals surface area contributed by atoms with Crippen LogP contribution in [0.25, 0.3) is 0 Å². The number of aliphatic hydroxyl groups is 1. The predicted molar refractivity (Wildman–Crippen MR) is 51.6 cm³/mol. The quantitative estimate of drug-likeness (QED) is 0.712. The normalized spacial score (nSPS) is 13.1. The highest BCUT2D eigenvalue weighted by atomic mass is 35.5. The zero-order valence-corrected chi connectivity index (χ0v) is 8.31. The van der Waals surface area contributed by atoms with Crippen molar-refractivity contribution in [2.24, 2.45) is 0 Å². The third-order valence-electron chi connectivity index (χ3n) is 2.08. The van der Waals surface area contributed by atoms with Gasteiger partial charge in [0.2, 0.25) is 0 Å². The Morgan fingerprint density at radius 3 is 2.33 bits per heavy atom. The van der Waals surface area contributed by atoms with Crippen LogP contribution in [0.15, 0.2) is 12.1 Å². The first-order valence-corrected chi connectivity index (χ1v) is 4.35. The molecule has 0 aromatic heterocycles. The lowest BCUT2D eigenvalue weighted by atomic mass is 9.99. The number of halogens is 1. The average molecular weight is 185 g/mol. The third kappa shape index (κ3) is 1.62. The Balaban J connectivity index is 3.33. The molecule has 0 saturated heterocycles. The van der Waals surface area contributed by atoms with Gasteiger partial charge >= 0.3 is 0 Å². The first kappa shape index (κ1) is 9.56. The van der Waals surface area contributed by atoms with Gasteiger partial charge in [0.1, 0.15) is 0 Å². The zero-order valence-electron chi connectivity index (χ0n) is 7.56. The number of hydrogen-bond acceptors (Lipinski definition) is 1. The van der Waals surface area contributed by atoms with E-state index in [1.165, 1.54) is 0 Å². The molecule has 1 atom stereocenters. The second kappa shape index (κ2) is 3.46. The van der Waals surface area contributed by atoms with Gasteiger partial charge in [-0.15, -0.1) is 0 Å². The minimum absolute atomic E-state index is 0.441. The van der Waals surface area contributed by atoms with E-state index in [-0.39, 0.29) is 0 Å². The van der Waals surface area contributed by atoms with Gasteiger partial charge < -0.3 is 5.11 Å². The number of benzene rings is 1. The summed E-state index contributed by atoms with van der Waals surface area (Å²) in [5, 5.41) is 10.2. The zero-order chi connectivity index (χ0) is 9.30. The van der Waals surface area contributed by atoms with Crippen LogP contribution in [0.3, 0.4) is 0 Å². The number of rotatable bonds is 1. The molecule has 0 heterocycles. The van der Waals surface area contributed by atoms with Crippen molar-refractivity contribution in [1.29, 1.82) is 0 Å². The Hall–Kier alpha value is -0.530. The monoisotopic (exact) mass is 184 g/mol. The van der Waals surface area contributed by atoms with Gasteiger partial charge in [-0.2, -0.15) is 0 Å². The lowest BCUT2D eigenvalue weighted by molar-refractivity contribution is 0.198. The van der Waals surface area contributed by atoms with E-state index in [2.05, 4.69) is 0 Å². The topological polar surface area (TPSA) is 20.2 Å². The summed E-state index contributed by atoms with van der Waals surface area (Å²) < 4.78 is 0. The molecule has 1 aromatic rings. The molecule has 1 rings (SSSR count). The van der Waals surface area contributed by atoms with Crippen molar-refractivity contribution in [2.75, 3.05) is 0 Å². The van der Waals surface area contributed by atoms with Crippen molar-refractivity contribution in [1.82, 2.24) is 0 Å². The minimum atomic E-state index is -0.441. The fourth-order valence-electron chi connectivity index (χ4n) is 1.48. The smallest absolute Gasteiger partial charge is 0.0767 e. The second-order valence-electron chi connectivity index (χ2n) is 3.08. The first-order valence-electron chi connectivity index (χ1n) is 3.97. The van der Waals surface area contributed by atoms with Crippen LogP contribution in [0.2, 0.25) is 5.02 Å². The molecule has 0 amide bonds. The van der Waals surface area contributed by atoms with E-state index in [9.17, 15) is 5.11 Å². The lowest BCUT2D eigenvalue weighted by Crippen LogP contribution is -1.98. The van der Waals surface area contributed by atoms with Crippen molar-refractivity contribution in [2.45, 2.75) is 26.9 Å². The molecule has 0 saturated carbocycles. The van der Waals surface area contributed by atoms with Crippen LogP contribution in [0.5, 0.6) is 0 Å². The standard InChI is InChI=1S/C10H13ClO/c1-6-4-5-9(11)7(2)10(6)8(3)12/h4-5,8,12H,1-3H3. The molecule has 1 N–H and O–H groups in total. The Bertz CT molecular complexity index is 292. The molecule has 1 aromatic carbocycles. The Morgan fingerprint density at radius 2 is 1.92 bits per heavy atom. The van der Waals surface area contributed by atoms with Crippen molar-refractivity contribution in [3.8, 4) is 0 Å². The summed E-state index contributed by atoms with van der Waals surface area (Å²) in [6.07, 6.45) is -0.441. The summed E-state index contributed by atoms with van der Waals surface area (Å²) >= 11 is 5.92. The highest BCUT2D eigenvalue weighted by Crippen LogP contribution is 2.26. The SMILES string of the molecule is Cc1ccc(Cl)c(C)c1C(C)O. The molecular formula is C10H13ClO. The third-order valence-corrected chi connectivity index (χ3v) is 2.49. The van der Waals surface area contributed by atoms with Crippen LogP contribution in [0.1, 0.15) is 29.7 Å². The largest absolute Gasteiger partial charge is 0.389 e. The molecule has 0 aliphatic heterocycles. The summed E-state index contributed by atoms with van der Waals surface area (Å²) in [6.45, 7) is 5.66. The summed E-state index contributed by atoms with van der Waals surface area (Å²) in [5.74, 6) is 0. The van der Waals surface area contributed by atoms with Crippen LogP contribution in [0, 0.1) is 13.8 Å². The highest BCUT2D eigenvalue weighted by Gasteiger charge is 2.10. The molecule has 0 aliphatic rings. The van der Waals surface area contributed by atoms with E-state index in [0.717, 1.165) is 21.7 Å². The maximum absolute atomic E-state index is 9.45. The van der Waals surface area contributed by atoms with Crippen molar-refractivity contribution >= 4 is 11.6 Å². The summed E-state index contributed by atoms with van der Waals surface area (Å²) in [7, 11) is 0. The molecular weight excluding hydrogens is 172 g/mol. The van der Waals surface area contributed by atoms with Crippen molar-refractivity contribution in [3.05, 3.63) is 33.8 Å². The summed E-state index contributed by atoms with van der Waals surface area (Å²) in [6, 6.07) is 3.79. The van der Waals surface area contributed by atoms with E-state index in [0.29, 0.717) is 0 Å². The van der Waals surface area contributed by atoms with Crippen molar-refractivity contribution < 1.29 is 5.11 Å². The number of aryl methyl sites for hydroxylation is 1. The summed E-state index contributed by atoms with van der Waals surface area (Å²) in [4.78, 5) is 0. The van der Waals surface area contributed by atoms with Crippen LogP contribution < -0.4 is 0 Å². The molecule has 0 radical (unpaired) electrons. The van der Waals surface area contributed by atoms with E-state index < -0.39 is 6.10 Å². The Kier molecular flexibility index (Phi) is 2.76. The highest BCUT2D eigenvalue weighted by molar-refractivity contribution is 6.31. The van der Waals surface area contributed by atoms with Crippen molar-refractivity contribution in [3.63, 3.8) is 0 Å². The minimum Gasteiger partial charge on any atom is -0.389 e. The van der Waals surface area contributed by atoms with Crippen LogP contribution in [-0.4, -0.2) is 5.11 Å². The van der Waals surface area contributed by atoms with E-state index in [4.69, 9.17) is 11.6 Å². The van der Waals surface area contributed by atoms with Gasteiger partial charge in [-0.3, -0.25) is 0 Å². The van der Waals surface area contributed by atoms with Gasteiger partial charge in [-0.25, -0.2) is 0 Å². The molecule has 12 heavy (non-hydrogen) atoms. The number of aliphatic hydroxyl groups excluding tert-OH is 1. The van der Waals surface area contributed by atoms with Gasteiger partial charge in [0.25, 0.3) is 0 Å². The molecule has 0 fully saturated rings. The Morgan fingerprint density at radius 1 is 1.33 bits per heavy atom. The molecule has 66 valence electrons. The molecule has 0 aliphatic carbocycles. The molecule has 0 bridgehead atoms. The van der Waals surface area contributed by atoms with E-state index in [1.54, 1.807) is 6.92 Å². The van der Waals surface area contributed by atoms with Crippen LogP contribution >= 0.6 is 11.6 Å². The summed E-state index contributed by atoms with van der Waals surface area (Å²) in [5.41, 5.74) is 3.01. The molecule has 0 spiro atoms. The fraction of sp³-hybridized carbons (Fsp3) is 0.400. The molecule has 1 nitrogen and oxygen atoms in total. The number of hydrogen-bond donors (Lipinski definition) is 1. The average Bonchev–Trinajstić information content (AvgIpc) is 1.97. The molecule has 1 unspecified atom stereocenters. The maximum Gasteiger partial charge on any atom is 0.0767 e. The van der Waals surface area contributed by atoms with Gasteiger partial charge in [-0.1, -0.05) is 17.7 Å². The van der Waals surface area contributed by atoms with E-state index >= 15 is 0 Å². The van der Waals surface area contributed by atoms with Gasteiger partial charge in [-0.05, 0) is 43.5 Å². The maximum atomic E-state index is 9.45. The predicted octanol–water partition coefficient (Wildman–Crippen LogP) is 3.01. The van der Waals surface area contributed by atoms with Gasteiger partial charge in [0.05, 0.1) is 6.10 Å². The van der Waals surface area contributed by atoms with Crippen LogP contribution in [0.4, 0.5) is 0 Å². The Labute approximate surface area is 78.0 Å². The van der Waals surface area contributed by atoms with Gasteiger partial charge in [0, 0.05) is 5.02 Å². The van der Waals surface area contributed by atoms with Crippen LogP contribution in [-0.2, 0) is 0 Å². The second-order valence-corrected chi connectivity index (χ2v) is 3.49.